The molecule has 10 heteroatoms. The van der Waals surface area contributed by atoms with Gasteiger partial charge in [0.2, 0.25) is 0 Å². The lowest BCUT2D eigenvalue weighted by atomic mass is 10.0. The van der Waals surface area contributed by atoms with Gasteiger partial charge in [-0.1, -0.05) is 29.8 Å². The van der Waals surface area contributed by atoms with E-state index in [2.05, 4.69) is 20.4 Å². The second-order valence-corrected chi connectivity index (χ2v) is 6.76. The number of halogens is 1. The van der Waals surface area contributed by atoms with Crippen LogP contribution in [0.1, 0.15) is 17.4 Å². The van der Waals surface area contributed by atoms with Crippen molar-refractivity contribution in [1.29, 1.82) is 0 Å². The van der Waals surface area contributed by atoms with E-state index in [0.29, 0.717) is 37.2 Å². The number of nitro benzene ring substituents is 1. The average molecular weight is 401 g/mol. The van der Waals surface area contributed by atoms with Crippen LogP contribution >= 0.6 is 11.6 Å². The predicted octanol–water partition coefficient (Wildman–Crippen LogP) is 2.65. The first-order valence-corrected chi connectivity index (χ1v) is 9.11. The first kappa shape index (κ1) is 18.5. The van der Waals surface area contributed by atoms with E-state index >= 15 is 0 Å². The minimum atomic E-state index is -0.413. The van der Waals surface area contributed by atoms with E-state index < -0.39 is 4.92 Å². The number of hydrogen-bond donors (Lipinski definition) is 0. The Labute approximate surface area is 165 Å². The molecule has 0 N–H and O–H groups in total. The highest BCUT2D eigenvalue weighted by molar-refractivity contribution is 6.30. The van der Waals surface area contributed by atoms with Gasteiger partial charge < -0.3 is 4.74 Å². The molecule has 2 heterocycles. The number of tetrazole rings is 1. The third-order valence-electron chi connectivity index (χ3n) is 4.62. The SMILES string of the molecule is O=[N+]([O-])c1ccc([C@@H](c2nnnn2-c2cccc(Cl)c2)N2CCOCC2)cc1. The summed E-state index contributed by atoms with van der Waals surface area (Å²) in [5.41, 5.74) is 1.65. The van der Waals surface area contributed by atoms with E-state index in [4.69, 9.17) is 16.3 Å². The van der Waals surface area contributed by atoms with Gasteiger partial charge in [-0.2, -0.15) is 4.68 Å². The van der Waals surface area contributed by atoms with Crippen LogP contribution in [-0.4, -0.2) is 56.3 Å². The molecule has 0 spiro atoms. The van der Waals surface area contributed by atoms with Crippen molar-refractivity contribution >= 4 is 17.3 Å². The Morgan fingerprint density at radius 3 is 2.57 bits per heavy atom. The number of aromatic nitrogens is 4. The summed E-state index contributed by atoms with van der Waals surface area (Å²) in [6.45, 7) is 2.60. The molecule has 1 aliphatic rings. The average Bonchev–Trinajstić information content (AvgIpc) is 3.19. The van der Waals surface area contributed by atoms with Crippen LogP contribution in [0.4, 0.5) is 5.69 Å². The fraction of sp³-hybridized carbons (Fsp3) is 0.278. The number of nitrogens with zero attached hydrogens (tertiary/aromatic N) is 6. The van der Waals surface area contributed by atoms with Crippen LogP contribution in [0.5, 0.6) is 0 Å². The molecule has 0 saturated carbocycles. The highest BCUT2D eigenvalue weighted by Gasteiger charge is 2.30. The first-order valence-electron chi connectivity index (χ1n) is 8.74. The van der Waals surface area contributed by atoms with Crippen LogP contribution in [0, 0.1) is 10.1 Å². The summed E-state index contributed by atoms with van der Waals surface area (Å²) in [5.74, 6) is 0.609. The fourth-order valence-corrected chi connectivity index (χ4v) is 3.48. The number of hydrogen-bond acceptors (Lipinski definition) is 7. The highest BCUT2D eigenvalue weighted by Crippen LogP contribution is 2.30. The van der Waals surface area contributed by atoms with E-state index in [1.165, 1.54) is 12.1 Å². The molecule has 2 aromatic carbocycles. The summed E-state index contributed by atoms with van der Waals surface area (Å²) in [5, 5.41) is 23.9. The maximum Gasteiger partial charge on any atom is 0.269 e. The van der Waals surface area contributed by atoms with E-state index in [-0.39, 0.29) is 11.7 Å². The highest BCUT2D eigenvalue weighted by atomic mass is 35.5. The van der Waals surface area contributed by atoms with Gasteiger partial charge in [-0.15, -0.1) is 5.10 Å². The number of benzene rings is 2. The van der Waals surface area contributed by atoms with Crippen molar-refractivity contribution < 1.29 is 9.66 Å². The lowest BCUT2D eigenvalue weighted by molar-refractivity contribution is -0.384. The predicted molar refractivity (Wildman–Crippen MR) is 101 cm³/mol. The minimum absolute atomic E-state index is 0.0407. The molecule has 144 valence electrons. The Kier molecular flexibility index (Phi) is 5.29. The fourth-order valence-electron chi connectivity index (χ4n) is 3.29. The molecular formula is C18H17ClN6O3. The first-order chi connectivity index (χ1) is 13.6. The van der Waals surface area contributed by atoms with Crippen molar-refractivity contribution in [2.45, 2.75) is 6.04 Å². The van der Waals surface area contributed by atoms with Gasteiger partial charge >= 0.3 is 0 Å². The van der Waals surface area contributed by atoms with Crippen molar-refractivity contribution in [2.24, 2.45) is 0 Å². The van der Waals surface area contributed by atoms with Crippen LogP contribution in [-0.2, 0) is 4.74 Å². The van der Waals surface area contributed by atoms with Crippen LogP contribution in [0.3, 0.4) is 0 Å². The van der Waals surface area contributed by atoms with E-state index in [0.717, 1.165) is 11.3 Å². The summed E-state index contributed by atoms with van der Waals surface area (Å²) in [7, 11) is 0. The van der Waals surface area contributed by atoms with Crippen LogP contribution in [0.2, 0.25) is 5.02 Å². The lowest BCUT2D eigenvalue weighted by Gasteiger charge is -2.33. The molecule has 9 nitrogen and oxygen atoms in total. The van der Waals surface area contributed by atoms with Gasteiger partial charge in [-0.25, -0.2) is 0 Å². The summed E-state index contributed by atoms with van der Waals surface area (Å²) < 4.78 is 7.12. The van der Waals surface area contributed by atoms with Gasteiger partial charge in [0.05, 0.1) is 29.9 Å². The largest absolute Gasteiger partial charge is 0.379 e. The quantitative estimate of drug-likeness (QED) is 0.479. The second-order valence-electron chi connectivity index (χ2n) is 6.33. The standard InChI is InChI=1S/C18H17ClN6O3/c19-14-2-1-3-16(12-14)24-18(20-21-22-24)17(23-8-10-28-11-9-23)13-4-6-15(7-5-13)25(26)27/h1-7,12,17H,8-11H2/t17-/m0/s1. The van der Waals surface area contributed by atoms with Crippen LogP contribution in [0.25, 0.3) is 5.69 Å². The maximum atomic E-state index is 11.0. The molecule has 1 aliphatic heterocycles. The summed E-state index contributed by atoms with van der Waals surface area (Å²) in [6.07, 6.45) is 0. The van der Waals surface area contributed by atoms with Gasteiger partial charge in [-0.3, -0.25) is 15.0 Å². The molecule has 0 amide bonds. The monoisotopic (exact) mass is 400 g/mol. The molecule has 1 aromatic heterocycles. The second kappa shape index (κ2) is 8.01. The van der Waals surface area contributed by atoms with Crippen molar-refractivity contribution in [2.75, 3.05) is 26.3 Å². The smallest absolute Gasteiger partial charge is 0.269 e. The number of morpholine rings is 1. The molecule has 1 fully saturated rings. The Balaban J connectivity index is 1.78. The van der Waals surface area contributed by atoms with Gasteiger partial charge in [0, 0.05) is 30.2 Å². The number of ether oxygens (including phenoxy) is 1. The lowest BCUT2D eigenvalue weighted by Crippen LogP contribution is -2.40. The van der Waals surface area contributed by atoms with Gasteiger partial charge in [0.1, 0.15) is 0 Å². The molecule has 3 aromatic rings. The number of non-ortho nitro benzene ring substituents is 1. The zero-order valence-corrected chi connectivity index (χ0v) is 15.6. The molecule has 0 unspecified atom stereocenters. The van der Waals surface area contributed by atoms with Crippen molar-refractivity contribution in [3.05, 3.63) is 75.1 Å². The Hall–Kier alpha value is -2.88. The Bertz CT molecular complexity index is 971. The van der Waals surface area contributed by atoms with Gasteiger partial charge in [0.15, 0.2) is 5.82 Å². The molecule has 4 rings (SSSR count). The van der Waals surface area contributed by atoms with E-state index in [1.807, 2.05) is 12.1 Å². The van der Waals surface area contributed by atoms with Gasteiger partial charge in [0.25, 0.3) is 5.69 Å². The molecule has 0 aliphatic carbocycles. The molecule has 0 bridgehead atoms. The van der Waals surface area contributed by atoms with E-state index in [9.17, 15) is 10.1 Å². The number of nitro groups is 1. The molecular weight excluding hydrogens is 384 g/mol. The summed E-state index contributed by atoms with van der Waals surface area (Å²) >= 11 is 6.13. The zero-order valence-electron chi connectivity index (χ0n) is 14.8. The third kappa shape index (κ3) is 3.72. The minimum Gasteiger partial charge on any atom is -0.379 e. The Morgan fingerprint density at radius 2 is 1.89 bits per heavy atom. The van der Waals surface area contributed by atoms with Crippen LogP contribution < -0.4 is 0 Å². The zero-order chi connectivity index (χ0) is 19.5. The normalized spacial score (nSPS) is 16.0. The Morgan fingerprint density at radius 1 is 1.14 bits per heavy atom. The van der Waals surface area contributed by atoms with Crippen molar-refractivity contribution in [3.63, 3.8) is 0 Å². The molecule has 1 saturated heterocycles. The van der Waals surface area contributed by atoms with Crippen molar-refractivity contribution in [1.82, 2.24) is 25.1 Å². The van der Waals surface area contributed by atoms with Crippen molar-refractivity contribution in [3.8, 4) is 5.69 Å². The summed E-state index contributed by atoms with van der Waals surface area (Å²) in [4.78, 5) is 12.8. The molecule has 0 radical (unpaired) electrons. The molecule has 1 atom stereocenters. The number of rotatable bonds is 5. The van der Waals surface area contributed by atoms with Gasteiger partial charge in [-0.05, 0) is 34.2 Å². The molecule has 28 heavy (non-hydrogen) atoms. The maximum absolute atomic E-state index is 11.0. The van der Waals surface area contributed by atoms with E-state index in [1.54, 1.807) is 28.9 Å². The third-order valence-corrected chi connectivity index (χ3v) is 4.86. The summed E-state index contributed by atoms with van der Waals surface area (Å²) in [6, 6.07) is 13.5. The van der Waals surface area contributed by atoms with Crippen LogP contribution in [0.15, 0.2) is 48.5 Å². The topological polar surface area (TPSA) is 99.2 Å².